The summed E-state index contributed by atoms with van der Waals surface area (Å²) in [5, 5.41) is 0. The SMILES string of the molecule is Cc1ccc2c(c1)N(C(=O)CCC1CCCCC1)CCO2. The normalized spacial score (nSPS) is 19.0. The maximum absolute atomic E-state index is 12.6. The smallest absolute Gasteiger partial charge is 0.227 e. The van der Waals surface area contributed by atoms with Crippen LogP contribution in [-0.2, 0) is 4.79 Å². The molecule has 0 spiro atoms. The molecule has 1 fully saturated rings. The monoisotopic (exact) mass is 287 g/mol. The second-order valence-electron chi connectivity index (χ2n) is 6.41. The number of anilines is 1. The highest BCUT2D eigenvalue weighted by molar-refractivity contribution is 5.95. The van der Waals surface area contributed by atoms with Gasteiger partial charge in [-0.05, 0) is 37.0 Å². The van der Waals surface area contributed by atoms with Crippen molar-refractivity contribution in [3.8, 4) is 5.75 Å². The summed E-state index contributed by atoms with van der Waals surface area (Å²) < 4.78 is 5.66. The fraction of sp³-hybridized carbons (Fsp3) is 0.611. The van der Waals surface area contributed by atoms with Gasteiger partial charge in [-0.15, -0.1) is 0 Å². The molecular formula is C18H25NO2. The zero-order valence-corrected chi connectivity index (χ0v) is 12.9. The lowest BCUT2D eigenvalue weighted by Gasteiger charge is -2.30. The Hall–Kier alpha value is -1.51. The lowest BCUT2D eigenvalue weighted by molar-refractivity contribution is -0.119. The van der Waals surface area contributed by atoms with Crippen LogP contribution in [0.3, 0.4) is 0 Å². The van der Waals surface area contributed by atoms with Crippen LogP contribution in [0.15, 0.2) is 18.2 Å². The van der Waals surface area contributed by atoms with Gasteiger partial charge in [-0.3, -0.25) is 4.79 Å². The van der Waals surface area contributed by atoms with Crippen LogP contribution < -0.4 is 9.64 Å². The molecule has 3 nitrogen and oxygen atoms in total. The number of nitrogens with zero attached hydrogens (tertiary/aromatic N) is 1. The van der Waals surface area contributed by atoms with Crippen LogP contribution in [0.1, 0.15) is 50.5 Å². The average Bonchev–Trinajstić information content (AvgIpc) is 2.53. The third-order valence-electron chi connectivity index (χ3n) is 4.77. The van der Waals surface area contributed by atoms with E-state index in [0.717, 1.165) is 23.8 Å². The van der Waals surface area contributed by atoms with Crippen molar-refractivity contribution >= 4 is 11.6 Å². The molecule has 1 saturated carbocycles. The molecule has 0 bridgehead atoms. The minimum Gasteiger partial charge on any atom is -0.490 e. The van der Waals surface area contributed by atoms with Crippen LogP contribution in [0.5, 0.6) is 5.75 Å². The highest BCUT2D eigenvalue weighted by atomic mass is 16.5. The van der Waals surface area contributed by atoms with Gasteiger partial charge >= 0.3 is 0 Å². The largest absolute Gasteiger partial charge is 0.490 e. The van der Waals surface area contributed by atoms with Crippen molar-refractivity contribution < 1.29 is 9.53 Å². The summed E-state index contributed by atoms with van der Waals surface area (Å²) in [6, 6.07) is 6.08. The summed E-state index contributed by atoms with van der Waals surface area (Å²) in [4.78, 5) is 14.5. The van der Waals surface area contributed by atoms with Gasteiger partial charge in [-0.2, -0.15) is 0 Å². The Morgan fingerprint density at radius 2 is 2.10 bits per heavy atom. The van der Waals surface area contributed by atoms with Gasteiger partial charge in [0, 0.05) is 6.42 Å². The maximum Gasteiger partial charge on any atom is 0.227 e. The topological polar surface area (TPSA) is 29.5 Å². The molecule has 0 unspecified atom stereocenters. The Labute approximate surface area is 127 Å². The number of ether oxygens (including phenoxy) is 1. The van der Waals surface area contributed by atoms with Crippen LogP contribution in [-0.4, -0.2) is 19.1 Å². The first kappa shape index (κ1) is 14.4. The van der Waals surface area contributed by atoms with Crippen molar-refractivity contribution in [1.82, 2.24) is 0 Å². The van der Waals surface area contributed by atoms with Crippen LogP contribution in [0.2, 0.25) is 0 Å². The van der Waals surface area contributed by atoms with Crippen molar-refractivity contribution in [3.05, 3.63) is 23.8 Å². The molecule has 1 aromatic rings. The van der Waals surface area contributed by atoms with Gasteiger partial charge in [0.1, 0.15) is 12.4 Å². The molecule has 114 valence electrons. The molecule has 21 heavy (non-hydrogen) atoms. The first-order valence-electron chi connectivity index (χ1n) is 8.28. The van der Waals surface area contributed by atoms with Gasteiger partial charge in [0.05, 0.1) is 12.2 Å². The molecule has 0 saturated heterocycles. The van der Waals surface area contributed by atoms with Crippen molar-refractivity contribution in [2.24, 2.45) is 5.92 Å². The number of aryl methyl sites for hydroxylation is 1. The molecule has 1 aromatic carbocycles. The summed E-state index contributed by atoms with van der Waals surface area (Å²) >= 11 is 0. The van der Waals surface area contributed by atoms with E-state index >= 15 is 0 Å². The second kappa shape index (κ2) is 6.50. The quantitative estimate of drug-likeness (QED) is 0.838. The number of carbonyl (C=O) groups is 1. The summed E-state index contributed by atoms with van der Waals surface area (Å²) in [5.74, 6) is 1.87. The van der Waals surface area contributed by atoms with Crippen LogP contribution >= 0.6 is 0 Å². The molecule has 0 N–H and O–H groups in total. The van der Waals surface area contributed by atoms with Gasteiger partial charge in [-0.25, -0.2) is 0 Å². The zero-order chi connectivity index (χ0) is 14.7. The van der Waals surface area contributed by atoms with Gasteiger partial charge < -0.3 is 9.64 Å². The molecule has 2 aliphatic rings. The van der Waals surface area contributed by atoms with E-state index in [0.29, 0.717) is 19.6 Å². The van der Waals surface area contributed by atoms with Crippen LogP contribution in [0.4, 0.5) is 5.69 Å². The first-order valence-corrected chi connectivity index (χ1v) is 8.28. The molecule has 1 heterocycles. The highest BCUT2D eigenvalue weighted by Crippen LogP contribution is 2.33. The van der Waals surface area contributed by atoms with Crippen molar-refractivity contribution in [2.75, 3.05) is 18.1 Å². The fourth-order valence-electron chi connectivity index (χ4n) is 3.53. The molecule has 1 amide bonds. The maximum atomic E-state index is 12.6. The average molecular weight is 287 g/mol. The minimum atomic E-state index is 0.260. The minimum absolute atomic E-state index is 0.260. The van der Waals surface area contributed by atoms with Crippen molar-refractivity contribution in [2.45, 2.75) is 51.9 Å². The van der Waals surface area contributed by atoms with Crippen molar-refractivity contribution in [1.29, 1.82) is 0 Å². The van der Waals surface area contributed by atoms with Crippen LogP contribution in [0.25, 0.3) is 0 Å². The molecule has 0 aromatic heterocycles. The Morgan fingerprint density at radius 1 is 1.29 bits per heavy atom. The van der Waals surface area contributed by atoms with Gasteiger partial charge in [0.25, 0.3) is 0 Å². The van der Waals surface area contributed by atoms with E-state index in [1.54, 1.807) is 0 Å². The Morgan fingerprint density at radius 3 is 2.90 bits per heavy atom. The second-order valence-corrected chi connectivity index (χ2v) is 6.41. The Bertz CT molecular complexity index is 506. The van der Waals surface area contributed by atoms with Gasteiger partial charge in [0.15, 0.2) is 0 Å². The van der Waals surface area contributed by atoms with E-state index in [1.165, 1.54) is 37.7 Å². The lowest BCUT2D eigenvalue weighted by Crippen LogP contribution is -2.38. The molecule has 0 atom stereocenters. The number of benzene rings is 1. The van der Waals surface area contributed by atoms with E-state index in [-0.39, 0.29) is 5.91 Å². The van der Waals surface area contributed by atoms with E-state index in [2.05, 4.69) is 13.0 Å². The Balaban J connectivity index is 1.64. The molecule has 3 heteroatoms. The number of hydrogen-bond donors (Lipinski definition) is 0. The predicted molar refractivity (Wildman–Crippen MR) is 84.8 cm³/mol. The summed E-state index contributed by atoms with van der Waals surface area (Å²) in [7, 11) is 0. The standard InChI is InChI=1S/C18H25NO2/c1-14-7-9-17-16(13-14)19(11-12-21-17)18(20)10-8-15-5-3-2-4-6-15/h7,9,13,15H,2-6,8,10-12H2,1H3. The highest BCUT2D eigenvalue weighted by Gasteiger charge is 2.24. The van der Waals surface area contributed by atoms with E-state index in [9.17, 15) is 4.79 Å². The third-order valence-corrected chi connectivity index (χ3v) is 4.77. The molecule has 1 aliphatic heterocycles. The van der Waals surface area contributed by atoms with E-state index < -0.39 is 0 Å². The summed E-state index contributed by atoms with van der Waals surface area (Å²) in [6.07, 6.45) is 8.42. The van der Waals surface area contributed by atoms with E-state index in [4.69, 9.17) is 4.74 Å². The van der Waals surface area contributed by atoms with Crippen molar-refractivity contribution in [3.63, 3.8) is 0 Å². The molecule has 3 rings (SSSR count). The Kier molecular flexibility index (Phi) is 4.47. The number of hydrogen-bond acceptors (Lipinski definition) is 2. The lowest BCUT2D eigenvalue weighted by atomic mass is 9.86. The zero-order valence-electron chi connectivity index (χ0n) is 12.9. The summed E-state index contributed by atoms with van der Waals surface area (Å²) in [5.41, 5.74) is 2.12. The number of amides is 1. The number of rotatable bonds is 3. The summed E-state index contributed by atoms with van der Waals surface area (Å²) in [6.45, 7) is 3.34. The fourth-order valence-corrected chi connectivity index (χ4v) is 3.53. The predicted octanol–water partition coefficient (Wildman–Crippen LogP) is 4.08. The molecule has 0 radical (unpaired) electrons. The number of fused-ring (bicyclic) bond motifs is 1. The van der Waals surface area contributed by atoms with Crippen LogP contribution in [0, 0.1) is 12.8 Å². The molecular weight excluding hydrogens is 262 g/mol. The van der Waals surface area contributed by atoms with Gasteiger partial charge in [-0.1, -0.05) is 38.2 Å². The van der Waals surface area contributed by atoms with Gasteiger partial charge in [0.2, 0.25) is 5.91 Å². The molecule has 1 aliphatic carbocycles. The number of carbonyl (C=O) groups excluding carboxylic acids is 1. The van der Waals surface area contributed by atoms with E-state index in [1.807, 2.05) is 17.0 Å². The third kappa shape index (κ3) is 3.39. The first-order chi connectivity index (χ1) is 10.2.